The van der Waals surface area contributed by atoms with E-state index in [1.54, 1.807) is 6.07 Å². The number of amides is 1. The van der Waals surface area contributed by atoms with Crippen LogP contribution in [0.3, 0.4) is 0 Å². The lowest BCUT2D eigenvalue weighted by molar-refractivity contribution is -0.131. The minimum atomic E-state index is -1.00. The van der Waals surface area contributed by atoms with Crippen molar-refractivity contribution < 1.29 is 19.4 Å². The average molecular weight is 291 g/mol. The standard InChI is InChI=1S/C16H21NO4/c1-3-7-21-8-6-15(18)17-14-10-12(2)9-13(11-14)4-5-16(19)20/h4-5,9-11H,3,6-8H2,1-2H3,(H,17,18)(H,19,20)/b5-4+. The van der Waals surface area contributed by atoms with Gasteiger partial charge in [0.15, 0.2) is 0 Å². The van der Waals surface area contributed by atoms with E-state index in [1.807, 2.05) is 26.0 Å². The van der Waals surface area contributed by atoms with Gasteiger partial charge in [-0.1, -0.05) is 13.0 Å². The van der Waals surface area contributed by atoms with Crippen LogP contribution in [0.25, 0.3) is 6.08 Å². The topological polar surface area (TPSA) is 75.6 Å². The van der Waals surface area contributed by atoms with Crippen molar-refractivity contribution in [2.24, 2.45) is 0 Å². The number of benzene rings is 1. The van der Waals surface area contributed by atoms with Gasteiger partial charge in [-0.2, -0.15) is 0 Å². The second-order valence-electron chi connectivity index (χ2n) is 4.71. The highest BCUT2D eigenvalue weighted by atomic mass is 16.5. The molecule has 0 spiro atoms. The lowest BCUT2D eigenvalue weighted by Crippen LogP contribution is -2.14. The van der Waals surface area contributed by atoms with Crippen LogP contribution in [0.15, 0.2) is 24.3 Å². The summed E-state index contributed by atoms with van der Waals surface area (Å²) in [5.41, 5.74) is 2.33. The molecule has 0 saturated heterocycles. The first-order valence-corrected chi connectivity index (χ1v) is 6.91. The molecule has 1 aromatic rings. The Morgan fingerprint density at radius 3 is 2.71 bits per heavy atom. The Morgan fingerprint density at radius 2 is 2.05 bits per heavy atom. The largest absolute Gasteiger partial charge is 0.478 e. The lowest BCUT2D eigenvalue weighted by atomic mass is 10.1. The molecule has 0 unspecified atom stereocenters. The van der Waals surface area contributed by atoms with Gasteiger partial charge in [0.1, 0.15) is 0 Å². The number of nitrogens with one attached hydrogen (secondary N) is 1. The Hall–Kier alpha value is -2.14. The van der Waals surface area contributed by atoms with Gasteiger partial charge >= 0.3 is 5.97 Å². The molecule has 0 aromatic heterocycles. The van der Waals surface area contributed by atoms with Crippen molar-refractivity contribution in [3.05, 3.63) is 35.4 Å². The number of ether oxygens (including phenoxy) is 1. The molecule has 0 atom stereocenters. The fraction of sp³-hybridized carbons (Fsp3) is 0.375. The number of carboxylic acids is 1. The van der Waals surface area contributed by atoms with E-state index in [1.165, 1.54) is 6.08 Å². The maximum absolute atomic E-state index is 11.8. The Labute approximate surface area is 124 Å². The molecule has 2 N–H and O–H groups in total. The zero-order valence-corrected chi connectivity index (χ0v) is 12.4. The van der Waals surface area contributed by atoms with Crippen molar-refractivity contribution in [1.82, 2.24) is 0 Å². The number of rotatable bonds is 8. The Balaban J connectivity index is 2.62. The predicted octanol–water partition coefficient (Wildman–Crippen LogP) is 2.85. The third-order valence-electron chi connectivity index (χ3n) is 2.62. The van der Waals surface area contributed by atoms with Gasteiger partial charge in [-0.15, -0.1) is 0 Å². The van der Waals surface area contributed by atoms with Gasteiger partial charge in [0.05, 0.1) is 13.0 Å². The normalized spacial score (nSPS) is 10.8. The number of carboxylic acid groups (broad SMARTS) is 1. The maximum Gasteiger partial charge on any atom is 0.328 e. The number of anilines is 1. The van der Waals surface area contributed by atoms with Crippen molar-refractivity contribution in [3.8, 4) is 0 Å². The van der Waals surface area contributed by atoms with Crippen LogP contribution < -0.4 is 5.32 Å². The van der Waals surface area contributed by atoms with Crippen molar-refractivity contribution in [2.45, 2.75) is 26.7 Å². The van der Waals surface area contributed by atoms with Crippen molar-refractivity contribution >= 4 is 23.6 Å². The van der Waals surface area contributed by atoms with E-state index >= 15 is 0 Å². The van der Waals surface area contributed by atoms with E-state index in [4.69, 9.17) is 9.84 Å². The molecule has 1 rings (SSSR count). The first kappa shape index (κ1) is 16.9. The molecular weight excluding hydrogens is 270 g/mol. The number of aryl methyl sites for hydroxylation is 1. The Morgan fingerprint density at radius 1 is 1.29 bits per heavy atom. The number of carbonyl (C=O) groups excluding carboxylic acids is 1. The third-order valence-corrected chi connectivity index (χ3v) is 2.62. The smallest absolute Gasteiger partial charge is 0.328 e. The number of hydrogen-bond acceptors (Lipinski definition) is 3. The average Bonchev–Trinajstić information content (AvgIpc) is 2.41. The first-order chi connectivity index (χ1) is 10.0. The summed E-state index contributed by atoms with van der Waals surface area (Å²) in [6, 6.07) is 5.42. The quantitative estimate of drug-likeness (QED) is 0.570. The van der Waals surface area contributed by atoms with E-state index in [9.17, 15) is 9.59 Å². The fourth-order valence-electron chi connectivity index (χ4n) is 1.78. The molecule has 114 valence electrons. The maximum atomic E-state index is 11.8. The monoisotopic (exact) mass is 291 g/mol. The lowest BCUT2D eigenvalue weighted by Gasteiger charge is -2.08. The molecule has 1 amide bonds. The van der Waals surface area contributed by atoms with E-state index in [0.29, 0.717) is 25.3 Å². The minimum Gasteiger partial charge on any atom is -0.478 e. The van der Waals surface area contributed by atoms with Crippen LogP contribution in [0.2, 0.25) is 0 Å². The molecule has 21 heavy (non-hydrogen) atoms. The zero-order chi connectivity index (χ0) is 15.7. The summed E-state index contributed by atoms with van der Waals surface area (Å²) >= 11 is 0. The zero-order valence-electron chi connectivity index (χ0n) is 12.4. The fourth-order valence-corrected chi connectivity index (χ4v) is 1.78. The van der Waals surface area contributed by atoms with Crippen LogP contribution in [0.4, 0.5) is 5.69 Å². The summed E-state index contributed by atoms with van der Waals surface area (Å²) in [5, 5.41) is 11.4. The van der Waals surface area contributed by atoms with Crippen molar-refractivity contribution in [2.75, 3.05) is 18.5 Å². The molecule has 0 bridgehead atoms. The van der Waals surface area contributed by atoms with Crippen LogP contribution in [0.5, 0.6) is 0 Å². The molecule has 0 aliphatic rings. The Bertz CT molecular complexity index is 523. The van der Waals surface area contributed by atoms with E-state index in [2.05, 4.69) is 5.32 Å². The van der Waals surface area contributed by atoms with Gasteiger partial charge in [-0.25, -0.2) is 4.79 Å². The van der Waals surface area contributed by atoms with Crippen molar-refractivity contribution in [1.29, 1.82) is 0 Å². The highest BCUT2D eigenvalue weighted by Crippen LogP contribution is 2.16. The molecule has 5 heteroatoms. The summed E-state index contributed by atoms with van der Waals surface area (Å²) < 4.78 is 5.27. The molecule has 0 aliphatic carbocycles. The molecule has 0 heterocycles. The van der Waals surface area contributed by atoms with Gasteiger partial charge in [0, 0.05) is 18.4 Å². The molecule has 1 aromatic carbocycles. The second kappa shape index (κ2) is 8.92. The van der Waals surface area contributed by atoms with Gasteiger partial charge < -0.3 is 15.2 Å². The minimum absolute atomic E-state index is 0.120. The van der Waals surface area contributed by atoms with E-state index < -0.39 is 5.97 Å². The third kappa shape index (κ3) is 7.27. The molecule has 0 saturated carbocycles. The summed E-state index contributed by atoms with van der Waals surface area (Å²) in [7, 11) is 0. The second-order valence-corrected chi connectivity index (χ2v) is 4.71. The van der Waals surface area contributed by atoms with Crippen molar-refractivity contribution in [3.63, 3.8) is 0 Å². The van der Waals surface area contributed by atoms with E-state index in [0.717, 1.165) is 23.6 Å². The van der Waals surface area contributed by atoms with Crippen LogP contribution in [0.1, 0.15) is 30.9 Å². The SMILES string of the molecule is CCCOCCC(=O)Nc1cc(C)cc(/C=C/C(=O)O)c1. The molecular formula is C16H21NO4. The first-order valence-electron chi connectivity index (χ1n) is 6.91. The number of carbonyl (C=O) groups is 2. The van der Waals surface area contributed by atoms with Gasteiger partial charge in [-0.3, -0.25) is 4.79 Å². The summed E-state index contributed by atoms with van der Waals surface area (Å²) in [5.74, 6) is -1.12. The summed E-state index contributed by atoms with van der Waals surface area (Å²) in [4.78, 5) is 22.3. The molecule has 0 aliphatic heterocycles. The van der Waals surface area contributed by atoms with E-state index in [-0.39, 0.29) is 5.91 Å². The number of hydrogen-bond donors (Lipinski definition) is 2. The molecule has 0 fully saturated rings. The molecule has 0 radical (unpaired) electrons. The highest BCUT2D eigenvalue weighted by Gasteiger charge is 2.04. The van der Waals surface area contributed by atoms with Crippen LogP contribution in [-0.2, 0) is 14.3 Å². The highest BCUT2D eigenvalue weighted by molar-refractivity contribution is 5.91. The molecule has 5 nitrogen and oxygen atoms in total. The van der Waals surface area contributed by atoms with Crippen LogP contribution >= 0.6 is 0 Å². The predicted molar refractivity (Wildman–Crippen MR) is 82.2 cm³/mol. The Kier molecular flexibility index (Phi) is 7.18. The van der Waals surface area contributed by atoms with Gasteiger partial charge in [0.25, 0.3) is 0 Å². The van der Waals surface area contributed by atoms with Gasteiger partial charge in [-0.05, 0) is 42.7 Å². The summed E-state index contributed by atoms with van der Waals surface area (Å²) in [6.07, 6.45) is 3.79. The van der Waals surface area contributed by atoms with Crippen LogP contribution in [0, 0.1) is 6.92 Å². The summed E-state index contributed by atoms with van der Waals surface area (Å²) in [6.45, 7) is 4.95. The number of aliphatic carboxylic acids is 1. The van der Waals surface area contributed by atoms with Gasteiger partial charge in [0.2, 0.25) is 5.91 Å². The van der Waals surface area contributed by atoms with Crippen LogP contribution in [-0.4, -0.2) is 30.2 Å².